The van der Waals surface area contributed by atoms with Gasteiger partial charge >= 0.3 is 0 Å². The lowest BCUT2D eigenvalue weighted by atomic mass is 10.1. The highest BCUT2D eigenvalue weighted by molar-refractivity contribution is 9.10. The van der Waals surface area contributed by atoms with Crippen molar-refractivity contribution in [2.75, 3.05) is 12.4 Å². The van der Waals surface area contributed by atoms with Crippen LogP contribution in [0.5, 0.6) is 11.5 Å². The molecule has 0 saturated heterocycles. The van der Waals surface area contributed by atoms with E-state index < -0.39 is 5.91 Å². The minimum atomic E-state index is -0.480. The van der Waals surface area contributed by atoms with Crippen LogP contribution in [0.25, 0.3) is 6.08 Å². The van der Waals surface area contributed by atoms with Gasteiger partial charge in [0.25, 0.3) is 5.91 Å². The lowest BCUT2D eigenvalue weighted by molar-refractivity contribution is -0.112. The number of benzene rings is 3. The molecule has 1 N–H and O–H groups in total. The average molecular weight is 570 g/mol. The van der Waals surface area contributed by atoms with Gasteiger partial charge in [0.15, 0.2) is 11.5 Å². The van der Waals surface area contributed by atoms with Crippen molar-refractivity contribution in [3.05, 3.63) is 91.9 Å². The number of nitrogens with zero attached hydrogens (tertiary/aromatic N) is 1. The molecule has 168 valence electrons. The number of aryl methyl sites for hydroxylation is 1. The molecule has 1 amide bonds. The van der Waals surface area contributed by atoms with Gasteiger partial charge in [-0.15, -0.1) is 0 Å². The van der Waals surface area contributed by atoms with Gasteiger partial charge in [-0.25, -0.2) is 0 Å². The van der Waals surface area contributed by atoms with Crippen molar-refractivity contribution in [2.45, 2.75) is 20.0 Å². The molecule has 0 aliphatic heterocycles. The number of nitrogens with one attached hydrogen (secondary N) is 1. The first-order valence-electron chi connectivity index (χ1n) is 10.2. The lowest BCUT2D eigenvalue weighted by Crippen LogP contribution is -2.13. The number of methoxy groups -OCH3 is 1. The fourth-order valence-electron chi connectivity index (χ4n) is 3.07. The Morgan fingerprint density at radius 2 is 1.82 bits per heavy atom. The van der Waals surface area contributed by atoms with Crippen LogP contribution in [-0.4, -0.2) is 13.0 Å². The van der Waals surface area contributed by atoms with Gasteiger partial charge < -0.3 is 14.8 Å². The molecule has 0 heterocycles. The molecule has 0 spiro atoms. The number of carbonyl (C=O) groups excluding carboxylic acids is 1. The normalized spacial score (nSPS) is 10.9. The Hall–Kier alpha value is -3.08. The zero-order valence-electron chi connectivity index (χ0n) is 18.2. The summed E-state index contributed by atoms with van der Waals surface area (Å²) in [7, 11) is 1.54. The predicted octanol–water partition coefficient (Wildman–Crippen LogP) is 6.91. The van der Waals surface area contributed by atoms with Gasteiger partial charge in [-0.3, -0.25) is 4.79 Å². The third kappa shape index (κ3) is 6.47. The van der Waals surface area contributed by atoms with E-state index in [1.165, 1.54) is 11.6 Å². The van der Waals surface area contributed by atoms with Gasteiger partial charge in [0.2, 0.25) is 0 Å². The molecular formula is C26H22Br2N2O3. The fraction of sp³-hybridized carbons (Fsp3) is 0.154. The summed E-state index contributed by atoms with van der Waals surface area (Å²) in [5.41, 5.74) is 3.40. The zero-order chi connectivity index (χ0) is 23.8. The Balaban J connectivity index is 1.80. The van der Waals surface area contributed by atoms with E-state index in [0.717, 1.165) is 16.5 Å². The molecule has 0 fully saturated rings. The maximum Gasteiger partial charge on any atom is 0.266 e. The standard InChI is InChI=1S/C26H22Br2N2O3/c1-3-17-8-10-21(11-9-17)30-26(31)20(15-29)12-18-13-23(28)25(24(14-18)32-2)33-16-19-6-4-5-7-22(19)27/h4-14H,3,16H2,1-2H3,(H,30,31)/b20-12+. The molecule has 0 unspecified atom stereocenters. The number of hydrogen-bond acceptors (Lipinski definition) is 4. The molecule has 7 heteroatoms. The molecule has 0 radical (unpaired) electrons. The third-order valence-electron chi connectivity index (χ3n) is 4.88. The molecule has 0 aliphatic rings. The monoisotopic (exact) mass is 568 g/mol. The summed E-state index contributed by atoms with van der Waals surface area (Å²) < 4.78 is 13.1. The Labute approximate surface area is 210 Å². The fourth-order valence-corrected chi connectivity index (χ4v) is 4.04. The van der Waals surface area contributed by atoms with E-state index in [2.05, 4.69) is 44.1 Å². The number of nitriles is 1. The number of ether oxygens (including phenoxy) is 2. The topological polar surface area (TPSA) is 71.4 Å². The number of hydrogen-bond donors (Lipinski definition) is 1. The van der Waals surface area contributed by atoms with Crippen molar-refractivity contribution < 1.29 is 14.3 Å². The molecule has 3 aromatic rings. The molecule has 3 rings (SSSR count). The smallest absolute Gasteiger partial charge is 0.266 e. The van der Waals surface area contributed by atoms with Crippen molar-refractivity contribution in [1.29, 1.82) is 5.26 Å². The first kappa shape index (κ1) is 24.6. The maximum atomic E-state index is 12.6. The van der Waals surface area contributed by atoms with Crippen LogP contribution in [0.15, 0.2) is 75.2 Å². The van der Waals surface area contributed by atoms with Gasteiger partial charge in [-0.05, 0) is 69.9 Å². The van der Waals surface area contributed by atoms with E-state index in [1.54, 1.807) is 19.2 Å². The minimum absolute atomic E-state index is 0.0228. The molecular weight excluding hydrogens is 548 g/mol. The van der Waals surface area contributed by atoms with Gasteiger partial charge in [-0.2, -0.15) is 5.26 Å². The van der Waals surface area contributed by atoms with Gasteiger partial charge in [0.1, 0.15) is 18.2 Å². The Kier molecular flexibility index (Phi) is 8.70. The van der Waals surface area contributed by atoms with E-state index in [1.807, 2.05) is 54.6 Å². The summed E-state index contributed by atoms with van der Waals surface area (Å²) >= 11 is 7.03. The summed E-state index contributed by atoms with van der Waals surface area (Å²) in [6.45, 7) is 2.40. The van der Waals surface area contributed by atoms with Crippen LogP contribution in [-0.2, 0) is 17.8 Å². The Bertz CT molecular complexity index is 1220. The van der Waals surface area contributed by atoms with Crippen LogP contribution < -0.4 is 14.8 Å². The molecule has 3 aromatic carbocycles. The number of anilines is 1. The summed E-state index contributed by atoms with van der Waals surface area (Å²) in [4.78, 5) is 12.6. The molecule has 0 aliphatic carbocycles. The summed E-state index contributed by atoms with van der Waals surface area (Å²) in [6, 6.07) is 20.8. The molecule has 0 atom stereocenters. The van der Waals surface area contributed by atoms with E-state index in [4.69, 9.17) is 9.47 Å². The molecule has 0 bridgehead atoms. The van der Waals surface area contributed by atoms with Gasteiger partial charge in [0.05, 0.1) is 11.6 Å². The van der Waals surface area contributed by atoms with E-state index in [-0.39, 0.29) is 5.57 Å². The second-order valence-electron chi connectivity index (χ2n) is 7.09. The lowest BCUT2D eigenvalue weighted by Gasteiger charge is -2.14. The zero-order valence-corrected chi connectivity index (χ0v) is 21.4. The van der Waals surface area contributed by atoms with Crippen LogP contribution in [0.3, 0.4) is 0 Å². The van der Waals surface area contributed by atoms with Crippen molar-refractivity contribution in [3.63, 3.8) is 0 Å². The van der Waals surface area contributed by atoms with Gasteiger partial charge in [0, 0.05) is 15.7 Å². The molecule has 33 heavy (non-hydrogen) atoms. The summed E-state index contributed by atoms with van der Waals surface area (Å²) in [5, 5.41) is 12.3. The van der Waals surface area contributed by atoms with Crippen molar-refractivity contribution in [3.8, 4) is 17.6 Å². The van der Waals surface area contributed by atoms with Crippen LogP contribution in [0.2, 0.25) is 0 Å². The number of amides is 1. The maximum absolute atomic E-state index is 12.6. The average Bonchev–Trinajstić information content (AvgIpc) is 2.82. The van der Waals surface area contributed by atoms with Crippen molar-refractivity contribution >= 4 is 49.5 Å². The first-order valence-corrected chi connectivity index (χ1v) is 11.8. The predicted molar refractivity (Wildman–Crippen MR) is 137 cm³/mol. The van der Waals surface area contributed by atoms with E-state index in [0.29, 0.717) is 33.8 Å². The third-order valence-corrected chi connectivity index (χ3v) is 6.24. The summed E-state index contributed by atoms with van der Waals surface area (Å²) in [6.07, 6.45) is 2.43. The van der Waals surface area contributed by atoms with Crippen LogP contribution in [0.4, 0.5) is 5.69 Å². The van der Waals surface area contributed by atoms with Crippen LogP contribution in [0, 0.1) is 11.3 Å². The molecule has 5 nitrogen and oxygen atoms in total. The van der Waals surface area contributed by atoms with Crippen LogP contribution >= 0.6 is 31.9 Å². The molecule has 0 saturated carbocycles. The first-order chi connectivity index (χ1) is 15.9. The van der Waals surface area contributed by atoms with Crippen molar-refractivity contribution in [1.82, 2.24) is 0 Å². The summed E-state index contributed by atoms with van der Waals surface area (Å²) in [5.74, 6) is 0.533. The highest BCUT2D eigenvalue weighted by atomic mass is 79.9. The molecule has 0 aromatic heterocycles. The van der Waals surface area contributed by atoms with E-state index >= 15 is 0 Å². The Morgan fingerprint density at radius 3 is 2.45 bits per heavy atom. The van der Waals surface area contributed by atoms with E-state index in [9.17, 15) is 10.1 Å². The Morgan fingerprint density at radius 1 is 1.09 bits per heavy atom. The second-order valence-corrected chi connectivity index (χ2v) is 8.80. The minimum Gasteiger partial charge on any atom is -0.493 e. The van der Waals surface area contributed by atoms with Gasteiger partial charge in [-0.1, -0.05) is 53.2 Å². The second kappa shape index (κ2) is 11.7. The van der Waals surface area contributed by atoms with Crippen molar-refractivity contribution in [2.24, 2.45) is 0 Å². The number of carbonyl (C=O) groups is 1. The highest BCUT2D eigenvalue weighted by Gasteiger charge is 2.15. The SMILES string of the molecule is CCc1ccc(NC(=O)/C(C#N)=C/c2cc(Br)c(OCc3ccccc3Br)c(OC)c2)cc1. The number of halogens is 2. The highest BCUT2D eigenvalue weighted by Crippen LogP contribution is 2.38. The quantitative estimate of drug-likeness (QED) is 0.236. The van der Waals surface area contributed by atoms with Crippen LogP contribution in [0.1, 0.15) is 23.6 Å². The largest absolute Gasteiger partial charge is 0.493 e. The number of rotatable bonds is 8.